The highest BCUT2D eigenvalue weighted by molar-refractivity contribution is 5.87. The highest BCUT2D eigenvalue weighted by Crippen LogP contribution is 2.33. The fourth-order valence-electron chi connectivity index (χ4n) is 3.22. The summed E-state index contributed by atoms with van der Waals surface area (Å²) in [6.07, 6.45) is 5.86. The monoisotopic (exact) mass is 256 g/mol. The van der Waals surface area contributed by atoms with Crippen molar-refractivity contribution in [3.05, 3.63) is 35.5 Å². The van der Waals surface area contributed by atoms with Gasteiger partial charge in [0.1, 0.15) is 6.29 Å². The first-order valence-electron chi connectivity index (χ1n) is 7.00. The molecule has 2 heterocycles. The molecular weight excluding hydrogens is 236 g/mol. The summed E-state index contributed by atoms with van der Waals surface area (Å²) in [6, 6.07) is 6.49. The molecule has 0 bridgehead atoms. The van der Waals surface area contributed by atoms with Crippen LogP contribution in [0.4, 0.5) is 0 Å². The highest BCUT2D eigenvalue weighted by atomic mass is 16.1. The summed E-state index contributed by atoms with van der Waals surface area (Å²) in [5.74, 6) is 0.453. The maximum absolute atomic E-state index is 10.7. The van der Waals surface area contributed by atoms with Crippen molar-refractivity contribution >= 4 is 17.2 Å². The van der Waals surface area contributed by atoms with Gasteiger partial charge in [0.05, 0.1) is 0 Å². The van der Waals surface area contributed by atoms with Crippen LogP contribution in [0.2, 0.25) is 0 Å². The number of H-pyrrole nitrogens is 1. The lowest BCUT2D eigenvalue weighted by Crippen LogP contribution is -2.28. The Morgan fingerprint density at radius 2 is 2.37 bits per heavy atom. The van der Waals surface area contributed by atoms with Gasteiger partial charge in [-0.3, -0.25) is 0 Å². The Labute approximate surface area is 113 Å². The number of nitrogens with one attached hydrogen (secondary N) is 1. The van der Waals surface area contributed by atoms with Crippen LogP contribution in [0.25, 0.3) is 10.9 Å². The van der Waals surface area contributed by atoms with Crippen molar-refractivity contribution < 1.29 is 4.79 Å². The molecule has 0 saturated heterocycles. The average Bonchev–Trinajstić information content (AvgIpc) is 2.83. The number of likely N-dealkylation sites (N-methyl/N-ethyl adjacent to an activating group) is 1. The molecule has 0 radical (unpaired) electrons. The van der Waals surface area contributed by atoms with Crippen LogP contribution in [0.15, 0.2) is 24.4 Å². The molecule has 1 aromatic carbocycles. The number of aromatic nitrogens is 1. The van der Waals surface area contributed by atoms with Crippen LogP contribution >= 0.6 is 0 Å². The van der Waals surface area contributed by atoms with Gasteiger partial charge in [-0.15, -0.1) is 0 Å². The van der Waals surface area contributed by atoms with Crippen molar-refractivity contribution in [2.24, 2.45) is 0 Å². The van der Waals surface area contributed by atoms with Crippen molar-refractivity contribution in [2.75, 3.05) is 20.1 Å². The minimum atomic E-state index is 0.453. The standard InChI is InChI=1S/C16H20N2O/c1-18-8-7-12-10-17-15-6-2-5-14(16(12)15)13(11-18)4-3-9-19/h2,5-6,9-10,13,17H,3-4,7-8,11H2,1H3. The molecule has 1 aliphatic heterocycles. The molecule has 19 heavy (non-hydrogen) atoms. The normalized spacial score (nSPS) is 20.2. The Kier molecular flexibility index (Phi) is 3.38. The van der Waals surface area contributed by atoms with Crippen molar-refractivity contribution in [2.45, 2.75) is 25.2 Å². The summed E-state index contributed by atoms with van der Waals surface area (Å²) in [6.45, 7) is 2.12. The molecule has 0 spiro atoms. The molecule has 100 valence electrons. The summed E-state index contributed by atoms with van der Waals surface area (Å²) in [5.41, 5.74) is 4.04. The zero-order valence-electron chi connectivity index (χ0n) is 11.4. The van der Waals surface area contributed by atoms with Crippen LogP contribution in [-0.2, 0) is 11.2 Å². The molecule has 0 fully saturated rings. The molecule has 1 N–H and O–H groups in total. The van der Waals surface area contributed by atoms with Gasteiger partial charge in [0.2, 0.25) is 0 Å². The molecule has 3 heteroatoms. The molecule has 1 atom stereocenters. The van der Waals surface area contributed by atoms with E-state index in [9.17, 15) is 4.79 Å². The molecule has 2 aromatic rings. The number of hydrogen-bond acceptors (Lipinski definition) is 2. The zero-order chi connectivity index (χ0) is 13.2. The van der Waals surface area contributed by atoms with E-state index >= 15 is 0 Å². The van der Waals surface area contributed by atoms with E-state index in [0.717, 1.165) is 32.2 Å². The summed E-state index contributed by atoms with van der Waals surface area (Å²) < 4.78 is 0. The van der Waals surface area contributed by atoms with E-state index in [2.05, 4.69) is 41.3 Å². The first-order valence-corrected chi connectivity index (χ1v) is 7.00. The molecule has 3 rings (SSSR count). The fraction of sp³-hybridized carbons (Fsp3) is 0.438. The summed E-state index contributed by atoms with van der Waals surface area (Å²) in [5, 5.41) is 1.39. The van der Waals surface area contributed by atoms with Gasteiger partial charge in [0.25, 0.3) is 0 Å². The lowest BCUT2D eigenvalue weighted by Gasteiger charge is -2.27. The minimum Gasteiger partial charge on any atom is -0.361 e. The van der Waals surface area contributed by atoms with Crippen LogP contribution in [0.3, 0.4) is 0 Å². The van der Waals surface area contributed by atoms with Crippen LogP contribution in [0.5, 0.6) is 0 Å². The lowest BCUT2D eigenvalue weighted by atomic mass is 9.88. The predicted octanol–water partition coefficient (Wildman–Crippen LogP) is 2.72. The van der Waals surface area contributed by atoms with Gasteiger partial charge in [0.15, 0.2) is 0 Å². The number of nitrogens with zero attached hydrogens (tertiary/aromatic N) is 1. The molecule has 1 aliphatic rings. The maximum Gasteiger partial charge on any atom is 0.120 e. The van der Waals surface area contributed by atoms with E-state index in [0.29, 0.717) is 12.3 Å². The van der Waals surface area contributed by atoms with Crippen molar-refractivity contribution in [1.29, 1.82) is 0 Å². The number of hydrogen-bond donors (Lipinski definition) is 1. The summed E-state index contributed by atoms with van der Waals surface area (Å²) >= 11 is 0. The highest BCUT2D eigenvalue weighted by Gasteiger charge is 2.21. The largest absolute Gasteiger partial charge is 0.361 e. The number of aromatic amines is 1. The molecule has 3 nitrogen and oxygen atoms in total. The van der Waals surface area contributed by atoms with Crippen molar-refractivity contribution in [3.8, 4) is 0 Å². The van der Waals surface area contributed by atoms with E-state index in [4.69, 9.17) is 0 Å². The van der Waals surface area contributed by atoms with E-state index in [-0.39, 0.29) is 0 Å². The Morgan fingerprint density at radius 3 is 3.21 bits per heavy atom. The molecule has 0 amide bonds. The summed E-state index contributed by atoms with van der Waals surface area (Å²) in [7, 11) is 2.17. The second-order valence-corrected chi connectivity index (χ2v) is 5.54. The Morgan fingerprint density at radius 1 is 1.47 bits per heavy atom. The quantitative estimate of drug-likeness (QED) is 0.857. The molecule has 0 saturated carbocycles. The molecular formula is C16H20N2O. The number of rotatable bonds is 3. The third kappa shape index (κ3) is 2.30. The number of carbonyl (C=O) groups excluding carboxylic acids is 1. The lowest BCUT2D eigenvalue weighted by molar-refractivity contribution is -0.108. The number of benzene rings is 1. The van der Waals surface area contributed by atoms with E-state index in [1.807, 2.05) is 0 Å². The molecule has 1 aromatic heterocycles. The van der Waals surface area contributed by atoms with Crippen molar-refractivity contribution in [1.82, 2.24) is 9.88 Å². The van der Waals surface area contributed by atoms with E-state index in [1.165, 1.54) is 22.0 Å². The smallest absolute Gasteiger partial charge is 0.120 e. The van der Waals surface area contributed by atoms with Gasteiger partial charge in [-0.25, -0.2) is 0 Å². The second-order valence-electron chi connectivity index (χ2n) is 5.54. The van der Waals surface area contributed by atoms with Crippen LogP contribution in [0.1, 0.15) is 29.9 Å². The van der Waals surface area contributed by atoms with Crippen LogP contribution in [0, 0.1) is 0 Å². The predicted molar refractivity (Wildman–Crippen MR) is 77.5 cm³/mol. The van der Waals surface area contributed by atoms with Gasteiger partial charge in [-0.05, 0) is 43.0 Å². The van der Waals surface area contributed by atoms with E-state index < -0.39 is 0 Å². The first-order chi connectivity index (χ1) is 9.29. The molecule has 1 unspecified atom stereocenters. The Bertz CT molecular complexity index is 587. The van der Waals surface area contributed by atoms with Gasteiger partial charge in [-0.2, -0.15) is 0 Å². The minimum absolute atomic E-state index is 0.453. The Balaban J connectivity index is 2.09. The molecule has 0 aliphatic carbocycles. The van der Waals surface area contributed by atoms with Gasteiger partial charge in [-0.1, -0.05) is 12.1 Å². The zero-order valence-corrected chi connectivity index (χ0v) is 11.4. The number of carbonyl (C=O) groups is 1. The maximum atomic E-state index is 10.7. The third-order valence-corrected chi connectivity index (χ3v) is 4.19. The van der Waals surface area contributed by atoms with Crippen molar-refractivity contribution in [3.63, 3.8) is 0 Å². The van der Waals surface area contributed by atoms with Gasteiger partial charge in [0, 0.05) is 36.6 Å². The van der Waals surface area contributed by atoms with Gasteiger partial charge >= 0.3 is 0 Å². The first kappa shape index (κ1) is 12.4. The second kappa shape index (κ2) is 5.17. The third-order valence-electron chi connectivity index (χ3n) is 4.19. The number of aldehydes is 1. The van der Waals surface area contributed by atoms with Gasteiger partial charge < -0.3 is 14.7 Å². The topological polar surface area (TPSA) is 36.1 Å². The van der Waals surface area contributed by atoms with Crippen LogP contribution in [-0.4, -0.2) is 36.3 Å². The summed E-state index contributed by atoms with van der Waals surface area (Å²) in [4.78, 5) is 16.5. The SMILES string of the molecule is CN1CCc2c[nH]c3cccc(c23)C(CCC=O)C1. The average molecular weight is 256 g/mol. The fourth-order valence-corrected chi connectivity index (χ4v) is 3.22. The Hall–Kier alpha value is -1.61. The van der Waals surface area contributed by atoms with Crippen LogP contribution < -0.4 is 0 Å². The van der Waals surface area contributed by atoms with E-state index in [1.54, 1.807) is 0 Å².